The largest absolute Gasteiger partial charge is 0.387 e. The highest BCUT2D eigenvalue weighted by atomic mass is 16.5. The van der Waals surface area contributed by atoms with Gasteiger partial charge in [0.25, 0.3) is 0 Å². The highest BCUT2D eigenvalue weighted by Gasteiger charge is 2.26. The van der Waals surface area contributed by atoms with E-state index in [0.29, 0.717) is 28.9 Å². The van der Waals surface area contributed by atoms with Gasteiger partial charge in [0.15, 0.2) is 11.6 Å². The molecule has 4 rings (SSSR count). The molecule has 0 bridgehead atoms. The van der Waals surface area contributed by atoms with Crippen molar-refractivity contribution in [2.45, 2.75) is 32.3 Å². The average molecular weight is 385 g/mol. The van der Waals surface area contributed by atoms with Crippen LogP contribution < -0.4 is 10.2 Å². The molecule has 8 nitrogen and oxygen atoms in total. The van der Waals surface area contributed by atoms with Crippen molar-refractivity contribution in [1.82, 2.24) is 15.0 Å². The molecule has 150 valence electrons. The first-order valence-electron chi connectivity index (χ1n) is 9.74. The summed E-state index contributed by atoms with van der Waals surface area (Å²) in [6, 6.07) is 3.66. The van der Waals surface area contributed by atoms with Gasteiger partial charge in [0.2, 0.25) is 5.91 Å². The summed E-state index contributed by atoms with van der Waals surface area (Å²) >= 11 is 0. The molecule has 2 aliphatic rings. The zero-order valence-corrected chi connectivity index (χ0v) is 16.0. The fourth-order valence-corrected chi connectivity index (χ4v) is 3.61. The van der Waals surface area contributed by atoms with Gasteiger partial charge >= 0.3 is 0 Å². The molecule has 28 heavy (non-hydrogen) atoms. The van der Waals surface area contributed by atoms with E-state index in [0.717, 1.165) is 44.6 Å². The molecule has 1 atom stereocenters. The number of hydrogen-bond donors (Lipinski definition) is 2. The average Bonchev–Trinajstić information content (AvgIpc) is 2.72. The minimum absolute atomic E-state index is 0. The van der Waals surface area contributed by atoms with E-state index in [9.17, 15) is 9.90 Å². The molecule has 2 aromatic rings. The molecule has 4 heterocycles. The Morgan fingerprint density at radius 3 is 2.86 bits per heavy atom. The van der Waals surface area contributed by atoms with E-state index >= 15 is 0 Å². The van der Waals surface area contributed by atoms with Crippen molar-refractivity contribution in [3.05, 3.63) is 30.2 Å². The second kappa shape index (κ2) is 8.20. The SMILES string of the molecule is C[C@@H](O)c1ccc(-c2cnc3c(n2)N(CCC2CCOCC2)CC(=O)N3)cn1.[HH]. The predicted octanol–water partition coefficient (Wildman–Crippen LogP) is 2.41. The van der Waals surface area contributed by atoms with Gasteiger partial charge in [0.1, 0.15) is 0 Å². The van der Waals surface area contributed by atoms with Crippen LogP contribution in [0.25, 0.3) is 11.3 Å². The Balaban J connectivity index is 0.00000240. The molecular formula is C20H27N5O3. The maximum absolute atomic E-state index is 12.1. The van der Waals surface area contributed by atoms with E-state index in [2.05, 4.69) is 15.3 Å². The van der Waals surface area contributed by atoms with E-state index in [4.69, 9.17) is 9.72 Å². The number of rotatable bonds is 5. The van der Waals surface area contributed by atoms with Crippen LogP contribution in [0.5, 0.6) is 0 Å². The summed E-state index contributed by atoms with van der Waals surface area (Å²) in [7, 11) is 0. The second-order valence-electron chi connectivity index (χ2n) is 7.39. The quantitative estimate of drug-likeness (QED) is 0.815. The van der Waals surface area contributed by atoms with Gasteiger partial charge in [0.05, 0.1) is 30.2 Å². The minimum Gasteiger partial charge on any atom is -0.387 e. The lowest BCUT2D eigenvalue weighted by Gasteiger charge is -2.31. The van der Waals surface area contributed by atoms with E-state index in [1.807, 2.05) is 11.0 Å². The number of amides is 1. The number of nitrogens with one attached hydrogen (secondary N) is 1. The standard InChI is InChI=1S/C20H25N5O3.H2/c1-13(26)16-3-2-15(10-21-16)17-11-22-19-20(23-17)25(12-18(27)24-19)7-4-14-5-8-28-9-6-14;/h2-3,10-11,13-14,26H,4-9,12H2,1H3,(H,22,24,27);1H/t13-;/m1./s1. The first-order chi connectivity index (χ1) is 13.6. The fourth-order valence-electron chi connectivity index (χ4n) is 3.61. The normalized spacial score (nSPS) is 18.5. The van der Waals surface area contributed by atoms with Gasteiger partial charge in [-0.1, -0.05) is 0 Å². The van der Waals surface area contributed by atoms with Crippen LogP contribution in [0.4, 0.5) is 11.6 Å². The summed E-state index contributed by atoms with van der Waals surface area (Å²) < 4.78 is 5.43. The Bertz CT molecular complexity index is 841. The Morgan fingerprint density at radius 2 is 2.14 bits per heavy atom. The highest BCUT2D eigenvalue weighted by Crippen LogP contribution is 2.30. The lowest BCUT2D eigenvalue weighted by Crippen LogP contribution is -2.40. The van der Waals surface area contributed by atoms with Gasteiger partial charge in [-0.15, -0.1) is 0 Å². The van der Waals surface area contributed by atoms with Crippen molar-refractivity contribution in [3.8, 4) is 11.3 Å². The molecule has 0 radical (unpaired) electrons. The number of ether oxygens (including phenoxy) is 1. The lowest BCUT2D eigenvalue weighted by molar-refractivity contribution is -0.115. The maximum Gasteiger partial charge on any atom is 0.245 e. The number of aromatic nitrogens is 3. The van der Waals surface area contributed by atoms with E-state index in [-0.39, 0.29) is 13.9 Å². The van der Waals surface area contributed by atoms with Crippen molar-refractivity contribution in [3.63, 3.8) is 0 Å². The highest BCUT2D eigenvalue weighted by molar-refractivity contribution is 5.99. The number of hydrogen-bond acceptors (Lipinski definition) is 7. The van der Waals surface area contributed by atoms with Gasteiger partial charge in [-0.2, -0.15) is 0 Å². The third-order valence-corrected chi connectivity index (χ3v) is 5.30. The van der Waals surface area contributed by atoms with Crippen LogP contribution in [0.1, 0.15) is 39.4 Å². The third-order valence-electron chi connectivity index (χ3n) is 5.30. The molecule has 2 aliphatic heterocycles. The summed E-state index contributed by atoms with van der Waals surface area (Å²) in [5.41, 5.74) is 2.12. The Labute approximate surface area is 165 Å². The van der Waals surface area contributed by atoms with Crippen molar-refractivity contribution in [1.29, 1.82) is 0 Å². The smallest absolute Gasteiger partial charge is 0.245 e. The third kappa shape index (κ3) is 4.13. The zero-order valence-electron chi connectivity index (χ0n) is 16.0. The monoisotopic (exact) mass is 385 g/mol. The summed E-state index contributed by atoms with van der Waals surface area (Å²) in [5, 5.41) is 12.4. The van der Waals surface area contributed by atoms with Crippen LogP contribution in [-0.4, -0.2) is 52.3 Å². The Hall–Kier alpha value is -2.58. The molecule has 0 unspecified atom stereocenters. The topological polar surface area (TPSA) is 100 Å². The van der Waals surface area contributed by atoms with Gasteiger partial charge in [-0.25, -0.2) is 9.97 Å². The van der Waals surface area contributed by atoms with Crippen LogP contribution in [0.3, 0.4) is 0 Å². The molecule has 0 aromatic carbocycles. The molecule has 1 amide bonds. The predicted molar refractivity (Wildman–Crippen MR) is 107 cm³/mol. The number of aliphatic hydroxyl groups is 1. The number of aliphatic hydroxyl groups excluding tert-OH is 1. The number of nitrogens with zero attached hydrogens (tertiary/aromatic N) is 4. The molecule has 0 saturated carbocycles. The van der Waals surface area contributed by atoms with Crippen molar-refractivity contribution in [2.75, 3.05) is 36.5 Å². The number of anilines is 2. The maximum atomic E-state index is 12.1. The van der Waals surface area contributed by atoms with Crippen LogP contribution in [-0.2, 0) is 9.53 Å². The summed E-state index contributed by atoms with van der Waals surface area (Å²) in [5.74, 6) is 1.75. The molecule has 0 spiro atoms. The van der Waals surface area contributed by atoms with E-state index < -0.39 is 6.10 Å². The Kier molecular flexibility index (Phi) is 5.50. The number of carbonyl (C=O) groups is 1. The molecule has 2 N–H and O–H groups in total. The number of pyridine rings is 1. The number of carbonyl (C=O) groups excluding carboxylic acids is 1. The lowest BCUT2D eigenvalue weighted by atomic mass is 9.96. The zero-order chi connectivity index (χ0) is 19.5. The molecule has 8 heteroatoms. The van der Waals surface area contributed by atoms with Crippen LogP contribution >= 0.6 is 0 Å². The van der Waals surface area contributed by atoms with Gasteiger partial charge in [-0.3, -0.25) is 9.78 Å². The van der Waals surface area contributed by atoms with E-state index in [1.54, 1.807) is 25.4 Å². The first kappa shape index (κ1) is 18.8. The van der Waals surface area contributed by atoms with Crippen LogP contribution in [0.15, 0.2) is 24.5 Å². The van der Waals surface area contributed by atoms with Gasteiger partial charge in [-0.05, 0) is 44.2 Å². The van der Waals surface area contributed by atoms with Gasteiger partial charge < -0.3 is 20.1 Å². The second-order valence-corrected chi connectivity index (χ2v) is 7.39. The summed E-state index contributed by atoms with van der Waals surface area (Å²) in [4.78, 5) is 27.5. The van der Waals surface area contributed by atoms with E-state index in [1.165, 1.54) is 0 Å². The summed E-state index contributed by atoms with van der Waals surface area (Å²) in [6.07, 6.45) is 5.86. The molecule has 2 aromatic heterocycles. The van der Waals surface area contributed by atoms with Crippen molar-refractivity contribution < 1.29 is 16.1 Å². The minimum atomic E-state index is -0.612. The molecule has 0 aliphatic carbocycles. The molecule has 1 fully saturated rings. The Morgan fingerprint density at radius 1 is 1.32 bits per heavy atom. The molecule has 1 saturated heterocycles. The van der Waals surface area contributed by atoms with Crippen molar-refractivity contribution in [2.24, 2.45) is 5.92 Å². The van der Waals surface area contributed by atoms with Crippen molar-refractivity contribution >= 4 is 17.5 Å². The fraction of sp³-hybridized carbons (Fsp3) is 0.500. The number of fused-ring (bicyclic) bond motifs is 1. The first-order valence-corrected chi connectivity index (χ1v) is 9.74. The van der Waals surface area contributed by atoms with Crippen LogP contribution in [0, 0.1) is 5.92 Å². The van der Waals surface area contributed by atoms with Gasteiger partial charge in [0, 0.05) is 32.9 Å². The van der Waals surface area contributed by atoms with Crippen LogP contribution in [0.2, 0.25) is 0 Å². The molecular weight excluding hydrogens is 358 g/mol. The summed E-state index contributed by atoms with van der Waals surface area (Å²) in [6.45, 7) is 4.37.